The number of nitrogens with one attached hydrogen (secondary N) is 1. The van der Waals surface area contributed by atoms with Gasteiger partial charge in [0, 0.05) is 23.9 Å². The van der Waals surface area contributed by atoms with E-state index in [9.17, 15) is 0 Å². The van der Waals surface area contributed by atoms with E-state index in [1.165, 1.54) is 11.8 Å². The van der Waals surface area contributed by atoms with Gasteiger partial charge in [-0.25, -0.2) is 25.8 Å². The first kappa shape index (κ1) is 13.3. The molecule has 1 aliphatic carbocycles. The van der Waals surface area contributed by atoms with Crippen molar-refractivity contribution in [2.24, 2.45) is 5.84 Å². The summed E-state index contributed by atoms with van der Waals surface area (Å²) in [5.41, 5.74) is 4.61. The first-order chi connectivity index (χ1) is 9.67. The third-order valence-electron chi connectivity index (χ3n) is 3.14. The van der Waals surface area contributed by atoms with Gasteiger partial charge in [0.05, 0.1) is 0 Å². The molecule has 0 bridgehead atoms. The van der Waals surface area contributed by atoms with E-state index >= 15 is 0 Å². The molecule has 104 valence electrons. The van der Waals surface area contributed by atoms with Crippen LogP contribution in [0.2, 0.25) is 0 Å². The summed E-state index contributed by atoms with van der Waals surface area (Å²) < 4.78 is 0. The van der Waals surface area contributed by atoms with Crippen LogP contribution >= 0.6 is 11.8 Å². The molecule has 0 amide bonds. The van der Waals surface area contributed by atoms with Gasteiger partial charge < -0.3 is 5.43 Å². The van der Waals surface area contributed by atoms with Crippen molar-refractivity contribution < 1.29 is 0 Å². The van der Waals surface area contributed by atoms with Crippen LogP contribution in [0.15, 0.2) is 22.6 Å². The second-order valence-electron chi connectivity index (χ2n) is 4.92. The molecule has 0 aliphatic heterocycles. The minimum absolute atomic E-state index is 0.473. The highest BCUT2D eigenvalue weighted by Gasteiger charge is 2.28. The van der Waals surface area contributed by atoms with Gasteiger partial charge in [0.2, 0.25) is 0 Å². The lowest BCUT2D eigenvalue weighted by molar-refractivity contribution is 0.856. The lowest BCUT2D eigenvalue weighted by Gasteiger charge is -2.10. The number of hydrogen-bond donors (Lipinski definition) is 2. The van der Waals surface area contributed by atoms with Crippen LogP contribution in [0, 0.1) is 13.8 Å². The van der Waals surface area contributed by atoms with Gasteiger partial charge in [-0.05, 0) is 44.0 Å². The van der Waals surface area contributed by atoms with Crippen LogP contribution in [-0.4, -0.2) is 19.9 Å². The minimum Gasteiger partial charge on any atom is -0.308 e. The van der Waals surface area contributed by atoms with Gasteiger partial charge in [-0.15, -0.1) is 0 Å². The summed E-state index contributed by atoms with van der Waals surface area (Å²) in [6.07, 6.45) is 5.90. The van der Waals surface area contributed by atoms with E-state index in [0.717, 1.165) is 34.8 Å². The van der Waals surface area contributed by atoms with Crippen LogP contribution < -0.4 is 11.3 Å². The van der Waals surface area contributed by atoms with Crippen molar-refractivity contribution >= 4 is 17.6 Å². The number of aryl methyl sites for hydroxylation is 1. The standard InChI is InChI=1S/C13H16N6S/c1-7-5-15-13(16-6-7)20-12-8(2)10(19-14)17-11(18-12)9-3-4-9/h5-6,9H,3-4,14H2,1-2H3,(H,17,18,19). The molecule has 0 spiro atoms. The third kappa shape index (κ3) is 2.73. The van der Waals surface area contributed by atoms with Gasteiger partial charge in [0.1, 0.15) is 16.7 Å². The Bertz CT molecular complexity index is 624. The summed E-state index contributed by atoms with van der Waals surface area (Å²) >= 11 is 1.44. The summed E-state index contributed by atoms with van der Waals surface area (Å²) in [7, 11) is 0. The largest absolute Gasteiger partial charge is 0.308 e. The molecule has 0 atom stereocenters. The normalized spacial score (nSPS) is 14.3. The molecule has 0 saturated heterocycles. The molecule has 2 heterocycles. The molecule has 0 radical (unpaired) electrons. The highest BCUT2D eigenvalue weighted by Crippen LogP contribution is 2.40. The van der Waals surface area contributed by atoms with Crippen molar-refractivity contribution in [3.05, 3.63) is 29.3 Å². The van der Waals surface area contributed by atoms with E-state index in [-0.39, 0.29) is 0 Å². The molecule has 3 rings (SSSR count). The maximum absolute atomic E-state index is 5.54. The second-order valence-corrected chi connectivity index (χ2v) is 5.88. The van der Waals surface area contributed by atoms with E-state index in [0.29, 0.717) is 16.9 Å². The van der Waals surface area contributed by atoms with Crippen LogP contribution in [-0.2, 0) is 0 Å². The lowest BCUT2D eigenvalue weighted by atomic mass is 10.3. The lowest BCUT2D eigenvalue weighted by Crippen LogP contribution is -2.13. The van der Waals surface area contributed by atoms with E-state index in [1.54, 1.807) is 12.4 Å². The molecule has 20 heavy (non-hydrogen) atoms. The Morgan fingerprint density at radius 2 is 1.90 bits per heavy atom. The Hall–Kier alpha value is -1.73. The quantitative estimate of drug-likeness (QED) is 0.386. The van der Waals surface area contributed by atoms with Gasteiger partial charge in [-0.3, -0.25) is 0 Å². The van der Waals surface area contributed by atoms with Crippen LogP contribution in [0.4, 0.5) is 5.82 Å². The Morgan fingerprint density at radius 1 is 1.20 bits per heavy atom. The highest BCUT2D eigenvalue weighted by atomic mass is 32.2. The summed E-state index contributed by atoms with van der Waals surface area (Å²) in [6, 6.07) is 0. The van der Waals surface area contributed by atoms with E-state index in [4.69, 9.17) is 5.84 Å². The number of nitrogen functional groups attached to an aromatic ring is 1. The van der Waals surface area contributed by atoms with Crippen molar-refractivity contribution in [1.29, 1.82) is 0 Å². The van der Waals surface area contributed by atoms with Gasteiger partial charge >= 0.3 is 0 Å². The fraction of sp³-hybridized carbons (Fsp3) is 0.385. The summed E-state index contributed by atoms with van der Waals surface area (Å²) in [6.45, 7) is 3.91. The van der Waals surface area contributed by atoms with E-state index < -0.39 is 0 Å². The molecule has 2 aromatic rings. The summed E-state index contributed by atoms with van der Waals surface area (Å²) in [4.78, 5) is 17.7. The van der Waals surface area contributed by atoms with E-state index in [1.807, 2.05) is 13.8 Å². The number of rotatable bonds is 4. The fourth-order valence-electron chi connectivity index (χ4n) is 1.80. The molecule has 0 aromatic carbocycles. The van der Waals surface area contributed by atoms with Crippen LogP contribution in [0.3, 0.4) is 0 Å². The maximum atomic E-state index is 5.54. The maximum Gasteiger partial charge on any atom is 0.193 e. The first-order valence-corrected chi connectivity index (χ1v) is 7.30. The van der Waals surface area contributed by atoms with Crippen LogP contribution in [0.25, 0.3) is 0 Å². The molecular formula is C13H16N6S. The number of hydrazine groups is 1. The molecule has 0 unspecified atom stereocenters. The zero-order valence-electron chi connectivity index (χ0n) is 11.4. The van der Waals surface area contributed by atoms with Crippen molar-refractivity contribution in [3.8, 4) is 0 Å². The molecule has 1 aliphatic rings. The van der Waals surface area contributed by atoms with Crippen LogP contribution in [0.1, 0.15) is 35.7 Å². The number of aromatic nitrogens is 4. The zero-order valence-corrected chi connectivity index (χ0v) is 12.2. The molecule has 7 heteroatoms. The SMILES string of the molecule is Cc1cnc(Sc2nc(C3CC3)nc(NN)c2C)nc1. The molecule has 1 saturated carbocycles. The molecule has 2 aromatic heterocycles. The average molecular weight is 288 g/mol. The van der Waals surface area contributed by atoms with Crippen molar-refractivity contribution in [2.75, 3.05) is 5.43 Å². The van der Waals surface area contributed by atoms with Gasteiger partial charge in [-0.1, -0.05) is 0 Å². The molecule has 6 nitrogen and oxygen atoms in total. The average Bonchev–Trinajstić information content (AvgIpc) is 3.28. The third-order valence-corrected chi connectivity index (χ3v) is 4.13. The Morgan fingerprint density at radius 3 is 2.50 bits per heavy atom. The Balaban J connectivity index is 1.94. The zero-order chi connectivity index (χ0) is 14.1. The number of hydrogen-bond acceptors (Lipinski definition) is 7. The van der Waals surface area contributed by atoms with Crippen LogP contribution in [0.5, 0.6) is 0 Å². The first-order valence-electron chi connectivity index (χ1n) is 6.49. The van der Waals surface area contributed by atoms with Gasteiger partial charge in [0.25, 0.3) is 0 Å². The number of nitrogens with two attached hydrogens (primary N) is 1. The molecular weight excluding hydrogens is 272 g/mol. The Kier molecular flexibility index (Phi) is 3.54. The summed E-state index contributed by atoms with van der Waals surface area (Å²) in [5.74, 6) is 7.55. The van der Waals surface area contributed by atoms with E-state index in [2.05, 4.69) is 25.4 Å². The van der Waals surface area contributed by atoms with Gasteiger partial charge in [-0.2, -0.15) is 0 Å². The molecule has 1 fully saturated rings. The minimum atomic E-state index is 0.473. The highest BCUT2D eigenvalue weighted by molar-refractivity contribution is 7.99. The predicted octanol–water partition coefficient (Wildman–Crippen LogP) is 2.20. The predicted molar refractivity (Wildman–Crippen MR) is 77.4 cm³/mol. The summed E-state index contributed by atoms with van der Waals surface area (Å²) in [5, 5.41) is 1.54. The monoisotopic (exact) mass is 288 g/mol. The molecule has 3 N–H and O–H groups in total. The van der Waals surface area contributed by atoms with Gasteiger partial charge in [0.15, 0.2) is 5.16 Å². The smallest absolute Gasteiger partial charge is 0.193 e. The Labute approximate surface area is 121 Å². The van der Waals surface area contributed by atoms with Crippen molar-refractivity contribution in [1.82, 2.24) is 19.9 Å². The van der Waals surface area contributed by atoms with Crippen molar-refractivity contribution in [2.45, 2.75) is 42.8 Å². The fourth-order valence-corrected chi connectivity index (χ4v) is 2.57. The topological polar surface area (TPSA) is 89.6 Å². The second kappa shape index (κ2) is 5.34. The van der Waals surface area contributed by atoms with Crippen molar-refractivity contribution in [3.63, 3.8) is 0 Å². The number of anilines is 1. The number of nitrogens with zero attached hydrogens (tertiary/aromatic N) is 4.